The number of likely N-dealkylation sites (tertiary alicyclic amines) is 1. The van der Waals surface area contributed by atoms with Gasteiger partial charge in [-0.2, -0.15) is 0 Å². The van der Waals surface area contributed by atoms with Gasteiger partial charge >= 0.3 is 5.97 Å². The van der Waals surface area contributed by atoms with Crippen LogP contribution in [0.25, 0.3) is 0 Å². The molecule has 1 saturated heterocycles. The maximum absolute atomic E-state index is 10.6. The van der Waals surface area contributed by atoms with Gasteiger partial charge in [0.05, 0.1) is 26.9 Å². The van der Waals surface area contributed by atoms with Crippen LogP contribution in [0.2, 0.25) is 0 Å². The second-order valence-corrected chi connectivity index (χ2v) is 4.22. The highest BCUT2D eigenvalue weighted by Gasteiger charge is 2.39. The number of hydrogen-bond donors (Lipinski definition) is 1. The molecule has 0 spiro atoms. The van der Waals surface area contributed by atoms with E-state index in [2.05, 4.69) is 4.89 Å². The maximum atomic E-state index is 10.6. The van der Waals surface area contributed by atoms with Crippen LogP contribution in [0.3, 0.4) is 0 Å². The molecule has 1 atom stereocenters. The van der Waals surface area contributed by atoms with E-state index >= 15 is 0 Å². The maximum Gasteiger partial charge on any atom is 0.317 e. The second kappa shape index (κ2) is 6.15. The first kappa shape index (κ1) is 13.4. The molecule has 0 bridgehead atoms. The van der Waals surface area contributed by atoms with Gasteiger partial charge in [-0.3, -0.25) is 9.69 Å². The number of nitrogens with zero attached hydrogens (tertiary/aromatic N) is 1. The van der Waals surface area contributed by atoms with E-state index in [-0.39, 0.29) is 12.0 Å². The van der Waals surface area contributed by atoms with Crippen molar-refractivity contribution >= 4 is 5.97 Å². The van der Waals surface area contributed by atoms with Crippen LogP contribution >= 0.6 is 0 Å². The standard InChI is InChI=1S/C10H19NO5/c1-14-7-10(8-16-15-2)3-4-11(6-10)5-9(12)13/h3-8H2,1-2H3,(H,12,13). The number of methoxy groups -OCH3 is 1. The molecule has 0 saturated carbocycles. The summed E-state index contributed by atoms with van der Waals surface area (Å²) in [6.45, 7) is 2.46. The van der Waals surface area contributed by atoms with Crippen molar-refractivity contribution < 1.29 is 24.4 Å². The van der Waals surface area contributed by atoms with Crippen LogP contribution in [0.5, 0.6) is 0 Å². The number of aliphatic carboxylic acids is 1. The molecular weight excluding hydrogens is 214 g/mol. The first-order valence-corrected chi connectivity index (χ1v) is 5.20. The molecule has 0 aromatic rings. The summed E-state index contributed by atoms with van der Waals surface area (Å²) in [6, 6.07) is 0. The zero-order chi connectivity index (χ0) is 12.0. The molecule has 6 nitrogen and oxygen atoms in total. The molecule has 1 unspecified atom stereocenters. The number of hydrogen-bond acceptors (Lipinski definition) is 5. The van der Waals surface area contributed by atoms with Crippen LogP contribution < -0.4 is 0 Å². The molecule has 1 fully saturated rings. The molecule has 1 rings (SSSR count). The summed E-state index contributed by atoms with van der Waals surface area (Å²) in [4.78, 5) is 22.1. The van der Waals surface area contributed by atoms with E-state index in [0.717, 1.165) is 13.0 Å². The Morgan fingerprint density at radius 1 is 1.44 bits per heavy atom. The van der Waals surface area contributed by atoms with E-state index in [1.54, 1.807) is 7.11 Å². The number of carboxylic acids is 1. The average Bonchev–Trinajstić information content (AvgIpc) is 2.59. The Morgan fingerprint density at radius 2 is 2.19 bits per heavy atom. The summed E-state index contributed by atoms with van der Waals surface area (Å²) in [5.41, 5.74) is -0.153. The quantitative estimate of drug-likeness (QED) is 0.492. The third-order valence-corrected chi connectivity index (χ3v) is 2.81. The Balaban J connectivity index is 2.49. The fraction of sp³-hybridized carbons (Fsp3) is 0.900. The summed E-state index contributed by atoms with van der Waals surface area (Å²) in [5.74, 6) is -0.805. The van der Waals surface area contributed by atoms with Gasteiger partial charge in [-0.05, 0) is 13.0 Å². The largest absolute Gasteiger partial charge is 0.480 e. The summed E-state index contributed by atoms with van der Waals surface area (Å²) < 4.78 is 5.17. The van der Waals surface area contributed by atoms with Crippen LogP contribution in [0.4, 0.5) is 0 Å². The fourth-order valence-corrected chi connectivity index (χ4v) is 2.12. The molecule has 1 aliphatic rings. The molecule has 0 radical (unpaired) electrons. The summed E-state index contributed by atoms with van der Waals surface area (Å²) >= 11 is 0. The molecule has 6 heteroatoms. The van der Waals surface area contributed by atoms with E-state index in [0.29, 0.717) is 19.8 Å². The predicted octanol–water partition coefficient (Wildman–Crippen LogP) is -0.0125. The minimum atomic E-state index is -0.805. The average molecular weight is 233 g/mol. The van der Waals surface area contributed by atoms with Gasteiger partial charge in [0, 0.05) is 19.1 Å². The highest BCUT2D eigenvalue weighted by atomic mass is 17.2. The van der Waals surface area contributed by atoms with Crippen molar-refractivity contribution in [2.24, 2.45) is 5.41 Å². The van der Waals surface area contributed by atoms with Crippen LogP contribution in [-0.4, -0.2) is 63.0 Å². The lowest BCUT2D eigenvalue weighted by Crippen LogP contribution is -2.37. The van der Waals surface area contributed by atoms with Gasteiger partial charge in [-0.25, -0.2) is 9.78 Å². The molecule has 0 aromatic heterocycles. The summed E-state index contributed by atoms with van der Waals surface area (Å²) in [6.07, 6.45) is 0.859. The first-order chi connectivity index (χ1) is 7.62. The molecule has 0 aliphatic carbocycles. The Labute approximate surface area is 95.0 Å². The van der Waals surface area contributed by atoms with E-state index < -0.39 is 5.97 Å². The van der Waals surface area contributed by atoms with Crippen molar-refractivity contribution in [2.45, 2.75) is 6.42 Å². The topological polar surface area (TPSA) is 68.2 Å². The van der Waals surface area contributed by atoms with Crippen LogP contribution in [0, 0.1) is 5.41 Å². The zero-order valence-corrected chi connectivity index (χ0v) is 9.77. The molecule has 16 heavy (non-hydrogen) atoms. The van der Waals surface area contributed by atoms with E-state index in [9.17, 15) is 4.79 Å². The highest BCUT2D eigenvalue weighted by molar-refractivity contribution is 5.69. The Kier molecular flexibility index (Phi) is 5.14. The Morgan fingerprint density at radius 3 is 2.75 bits per heavy atom. The molecule has 1 N–H and O–H groups in total. The van der Waals surface area contributed by atoms with Gasteiger partial charge in [0.25, 0.3) is 0 Å². The summed E-state index contributed by atoms with van der Waals surface area (Å²) in [5, 5.41) is 8.72. The lowest BCUT2D eigenvalue weighted by molar-refractivity contribution is -0.291. The van der Waals surface area contributed by atoms with Gasteiger partial charge < -0.3 is 9.84 Å². The van der Waals surface area contributed by atoms with Gasteiger partial charge in [0.2, 0.25) is 0 Å². The first-order valence-electron chi connectivity index (χ1n) is 5.20. The van der Waals surface area contributed by atoms with Crippen LogP contribution in [0.15, 0.2) is 0 Å². The minimum absolute atomic E-state index is 0.0679. The number of carbonyl (C=O) groups is 1. The molecule has 1 aliphatic heterocycles. The minimum Gasteiger partial charge on any atom is -0.480 e. The van der Waals surface area contributed by atoms with Crippen molar-refractivity contribution in [1.29, 1.82) is 0 Å². The fourth-order valence-electron chi connectivity index (χ4n) is 2.12. The molecule has 94 valence electrons. The molecular formula is C10H19NO5. The van der Waals surface area contributed by atoms with Crippen molar-refractivity contribution in [3.8, 4) is 0 Å². The monoisotopic (exact) mass is 233 g/mol. The van der Waals surface area contributed by atoms with E-state index in [1.165, 1.54) is 7.11 Å². The van der Waals surface area contributed by atoms with Crippen LogP contribution in [-0.2, 0) is 19.3 Å². The third-order valence-electron chi connectivity index (χ3n) is 2.81. The second-order valence-electron chi connectivity index (χ2n) is 4.22. The molecule has 0 amide bonds. The van der Waals surface area contributed by atoms with Crippen molar-refractivity contribution in [3.63, 3.8) is 0 Å². The predicted molar refractivity (Wildman–Crippen MR) is 56.0 cm³/mol. The lowest BCUT2D eigenvalue weighted by Gasteiger charge is -2.27. The zero-order valence-electron chi connectivity index (χ0n) is 9.77. The molecule has 0 aromatic carbocycles. The van der Waals surface area contributed by atoms with Gasteiger partial charge in [0.15, 0.2) is 0 Å². The molecule has 1 heterocycles. The van der Waals surface area contributed by atoms with Crippen molar-refractivity contribution in [3.05, 3.63) is 0 Å². The smallest absolute Gasteiger partial charge is 0.317 e. The SMILES string of the molecule is COCC1(COOC)CCN(CC(=O)O)C1. The van der Waals surface area contributed by atoms with Gasteiger partial charge in [0.1, 0.15) is 0 Å². The van der Waals surface area contributed by atoms with E-state index in [1.807, 2.05) is 4.90 Å². The number of rotatable bonds is 7. The highest BCUT2D eigenvalue weighted by Crippen LogP contribution is 2.31. The van der Waals surface area contributed by atoms with E-state index in [4.69, 9.17) is 14.7 Å². The number of ether oxygens (including phenoxy) is 1. The van der Waals surface area contributed by atoms with Crippen molar-refractivity contribution in [1.82, 2.24) is 4.90 Å². The Hall–Kier alpha value is -0.690. The lowest BCUT2D eigenvalue weighted by atomic mass is 9.89. The Bertz CT molecular complexity index is 235. The van der Waals surface area contributed by atoms with Gasteiger partial charge in [-0.15, -0.1) is 0 Å². The normalized spacial score (nSPS) is 26.1. The third kappa shape index (κ3) is 3.71. The van der Waals surface area contributed by atoms with Crippen LogP contribution in [0.1, 0.15) is 6.42 Å². The van der Waals surface area contributed by atoms with Gasteiger partial charge in [-0.1, -0.05) is 0 Å². The van der Waals surface area contributed by atoms with Crippen molar-refractivity contribution in [2.75, 3.05) is 47.1 Å². The summed E-state index contributed by atoms with van der Waals surface area (Å²) in [7, 11) is 3.10. The number of carboxylic acid groups (broad SMARTS) is 1.